The van der Waals surface area contributed by atoms with E-state index in [1.54, 1.807) is 0 Å². The van der Waals surface area contributed by atoms with Gasteiger partial charge in [0, 0.05) is 0 Å². The number of hydrogen-bond donors (Lipinski definition) is 1. The predicted molar refractivity (Wildman–Crippen MR) is 40.4 cm³/mol. The lowest BCUT2D eigenvalue weighted by atomic mass is 10.2. The lowest BCUT2D eigenvalue weighted by Crippen LogP contribution is -2.60. The molecule has 0 saturated heterocycles. The summed E-state index contributed by atoms with van der Waals surface area (Å²) in [7, 11) is 0.844. The van der Waals surface area contributed by atoms with E-state index in [0.717, 1.165) is 14.0 Å². The van der Waals surface area contributed by atoms with Gasteiger partial charge in [-0.25, -0.2) is 0 Å². The maximum Gasteiger partial charge on any atom is 0.707 e. The first-order valence-electron chi connectivity index (χ1n) is 3.36. The van der Waals surface area contributed by atoms with Gasteiger partial charge in [0.15, 0.2) is 9.85 Å². The molecule has 0 spiro atoms. The van der Waals surface area contributed by atoms with Crippen LogP contribution in [-0.2, 0) is 0 Å². The minimum Gasteiger partial charge on any atom is -0.589 e. The second kappa shape index (κ2) is 3.91. The van der Waals surface area contributed by atoms with Crippen molar-refractivity contribution in [2.75, 3.05) is 7.05 Å². The molecule has 0 aliphatic heterocycles. The Morgan fingerprint density at radius 3 is 1.71 bits per heavy atom. The molecule has 0 aliphatic carbocycles. The molecule has 0 aromatic rings. The van der Waals surface area contributed by atoms with E-state index in [2.05, 4.69) is 5.11 Å². The average molecular weight is 208 g/mol. The molecule has 1 N–H and O–H groups in total. The summed E-state index contributed by atoms with van der Waals surface area (Å²) in [5.41, 5.74) is 0. The van der Waals surface area contributed by atoms with Crippen LogP contribution in [0.15, 0.2) is 5.11 Å². The molecule has 0 heterocycles. The summed E-state index contributed by atoms with van der Waals surface area (Å²) in [6.07, 6.45) is -2.10. The predicted octanol–water partition coefficient (Wildman–Crippen LogP) is -0.833. The van der Waals surface area contributed by atoms with E-state index in [-0.39, 0.29) is 0 Å². The Balaban J connectivity index is 5.64. The van der Waals surface area contributed by atoms with Crippen LogP contribution in [0.4, 0.5) is 0 Å². The van der Waals surface area contributed by atoms with E-state index in [1.165, 1.54) is 0 Å². The Morgan fingerprint density at radius 2 is 1.64 bits per heavy atom. The van der Waals surface area contributed by atoms with E-state index < -0.39 is 26.6 Å². The number of hydrogen-bond acceptors (Lipinski definition) is 7. The summed E-state index contributed by atoms with van der Waals surface area (Å²) < 4.78 is 0. The van der Waals surface area contributed by atoms with Gasteiger partial charge in [-0.2, -0.15) is 0 Å². The van der Waals surface area contributed by atoms with Crippen molar-refractivity contribution in [2.24, 2.45) is 5.11 Å². The summed E-state index contributed by atoms with van der Waals surface area (Å²) in [6.45, 7) is 0.766. The van der Waals surface area contributed by atoms with Gasteiger partial charge in [-0.1, -0.05) is 0 Å². The molecule has 1 atom stereocenters. The first-order valence-corrected chi connectivity index (χ1v) is 3.36. The first-order chi connectivity index (χ1) is 6.31. The quantitative estimate of drug-likeness (QED) is 0.209. The Bertz CT molecular complexity index is 272. The number of nitro groups is 2. The Hall–Kier alpha value is -1.84. The van der Waals surface area contributed by atoms with Crippen molar-refractivity contribution in [2.45, 2.75) is 18.8 Å². The number of hydroxylamine groups is 1. The second-order valence-corrected chi connectivity index (χ2v) is 2.35. The van der Waals surface area contributed by atoms with E-state index in [4.69, 9.17) is 5.11 Å². The Kier molecular flexibility index (Phi) is 3.40. The van der Waals surface area contributed by atoms with E-state index in [9.17, 15) is 25.4 Å². The molecular weight excluding hydrogens is 200 g/mol. The van der Waals surface area contributed by atoms with Gasteiger partial charge in [0.05, 0.1) is 11.9 Å². The molecule has 0 radical (unpaired) electrons. The topological polar surface area (TPSA) is 145 Å². The van der Waals surface area contributed by atoms with Gasteiger partial charge < -0.3 is 10.3 Å². The lowest BCUT2D eigenvalue weighted by molar-refractivity contribution is -0.987. The highest BCUT2D eigenvalue weighted by Crippen LogP contribution is 2.17. The molecular formula is C4H8N4O6. The van der Waals surface area contributed by atoms with Gasteiger partial charge in [0.1, 0.15) is 0 Å². The van der Waals surface area contributed by atoms with Gasteiger partial charge >= 0.3 is 5.79 Å². The fraction of sp³-hybridized carbons (Fsp3) is 1.00. The first kappa shape index (κ1) is 12.2. The zero-order valence-electron chi connectivity index (χ0n) is 7.35. The molecule has 10 nitrogen and oxygen atoms in total. The van der Waals surface area contributed by atoms with Crippen LogP contribution in [0.25, 0.3) is 0 Å². The van der Waals surface area contributed by atoms with Crippen LogP contribution in [0, 0.1) is 25.4 Å². The molecule has 0 aromatic carbocycles. The van der Waals surface area contributed by atoms with Crippen LogP contribution in [0.2, 0.25) is 0 Å². The van der Waals surface area contributed by atoms with Crippen molar-refractivity contribution in [1.82, 2.24) is 0 Å². The third kappa shape index (κ3) is 1.46. The smallest absolute Gasteiger partial charge is 0.589 e. The van der Waals surface area contributed by atoms with Crippen molar-refractivity contribution < 1.29 is 19.8 Å². The molecule has 0 bridgehead atoms. The molecule has 0 aromatic heterocycles. The number of nitrogens with zero attached hydrogens (tertiary/aromatic N) is 4. The maximum absolute atomic E-state index is 10.9. The SMILES string of the molecule is CN=[N+]([O-])C(C(C)O)([N+](=O)[O-])[N+](=O)[O-]. The Morgan fingerprint density at radius 1 is 1.29 bits per heavy atom. The minimum absolute atomic E-state index is 0.738. The third-order valence-corrected chi connectivity index (χ3v) is 1.56. The number of aliphatic hydroxyl groups is 1. The normalized spacial score (nSPS) is 14.9. The van der Waals surface area contributed by atoms with Crippen LogP contribution in [0.1, 0.15) is 6.92 Å². The van der Waals surface area contributed by atoms with Gasteiger partial charge in [-0.15, -0.1) is 0 Å². The summed E-state index contributed by atoms with van der Waals surface area (Å²) in [6, 6.07) is 0. The van der Waals surface area contributed by atoms with Crippen LogP contribution in [0.3, 0.4) is 0 Å². The number of rotatable bonds is 4. The lowest BCUT2D eigenvalue weighted by Gasteiger charge is -2.14. The van der Waals surface area contributed by atoms with Crippen molar-refractivity contribution in [3.8, 4) is 0 Å². The highest BCUT2D eigenvalue weighted by atomic mass is 16.7. The molecule has 0 fully saturated rings. The van der Waals surface area contributed by atoms with Crippen molar-refractivity contribution in [3.05, 3.63) is 25.4 Å². The van der Waals surface area contributed by atoms with E-state index in [0.29, 0.717) is 0 Å². The standard InChI is InChI=1S/C4H8N4O6/c1-3(9)4(7(11)12,8(13)14)6(10)5-2/h3,9H,1-2H3. The number of azo groups is 1. The van der Waals surface area contributed by atoms with Gasteiger partial charge in [-0.3, -0.25) is 20.2 Å². The van der Waals surface area contributed by atoms with Crippen molar-refractivity contribution >= 4 is 0 Å². The summed E-state index contributed by atoms with van der Waals surface area (Å²) >= 11 is 0. The summed E-state index contributed by atoms with van der Waals surface area (Å²) in [5, 5.41) is 43.4. The maximum atomic E-state index is 10.9. The Labute approximate surface area is 77.3 Å². The molecule has 10 heteroatoms. The molecule has 0 rings (SSSR count). The zero-order valence-corrected chi connectivity index (χ0v) is 7.35. The molecule has 80 valence electrons. The van der Waals surface area contributed by atoms with Gasteiger partial charge in [0.2, 0.25) is 0 Å². The monoisotopic (exact) mass is 208 g/mol. The highest BCUT2D eigenvalue weighted by molar-refractivity contribution is 4.59. The number of aliphatic hydroxyl groups excluding tert-OH is 1. The molecule has 0 aliphatic rings. The third-order valence-electron chi connectivity index (χ3n) is 1.56. The van der Waals surface area contributed by atoms with Crippen molar-refractivity contribution in [3.63, 3.8) is 0 Å². The van der Waals surface area contributed by atoms with Crippen LogP contribution < -0.4 is 0 Å². The second-order valence-electron chi connectivity index (χ2n) is 2.35. The largest absolute Gasteiger partial charge is 0.707 e. The highest BCUT2D eigenvalue weighted by Gasteiger charge is 2.72. The van der Waals surface area contributed by atoms with E-state index in [1.807, 2.05) is 0 Å². The molecule has 0 saturated carbocycles. The minimum atomic E-state index is -3.38. The van der Waals surface area contributed by atoms with Crippen LogP contribution >= 0.6 is 0 Å². The van der Waals surface area contributed by atoms with Gasteiger partial charge in [0.25, 0.3) is 6.10 Å². The van der Waals surface area contributed by atoms with Crippen molar-refractivity contribution in [1.29, 1.82) is 0 Å². The average Bonchev–Trinajstić information content (AvgIpc) is 2.02. The summed E-state index contributed by atoms with van der Waals surface area (Å²) in [4.78, 5) is 17.1. The molecule has 14 heavy (non-hydrogen) atoms. The van der Waals surface area contributed by atoms with Gasteiger partial charge in [-0.05, 0) is 12.0 Å². The molecule has 0 amide bonds. The van der Waals surface area contributed by atoms with Crippen LogP contribution in [0.5, 0.6) is 0 Å². The fourth-order valence-electron chi connectivity index (χ4n) is 0.818. The van der Waals surface area contributed by atoms with E-state index >= 15 is 0 Å². The summed E-state index contributed by atoms with van der Waals surface area (Å²) in [5.74, 6) is -3.38. The zero-order chi connectivity index (χ0) is 11.5. The molecule has 1 unspecified atom stereocenters. The van der Waals surface area contributed by atoms with Crippen LogP contribution in [-0.4, -0.2) is 38.8 Å². The fourth-order valence-corrected chi connectivity index (χ4v) is 0.818.